The summed E-state index contributed by atoms with van der Waals surface area (Å²) in [5.41, 5.74) is 1.38. The summed E-state index contributed by atoms with van der Waals surface area (Å²) in [6, 6.07) is 12.9. The van der Waals surface area contributed by atoms with E-state index in [-0.39, 0.29) is 12.5 Å². The third-order valence-electron chi connectivity index (χ3n) is 5.89. The molecule has 2 heterocycles. The number of H-pyrrole nitrogens is 1. The first-order valence-corrected chi connectivity index (χ1v) is 12.8. The smallest absolute Gasteiger partial charge is 0.248 e. The molecule has 0 radical (unpaired) electrons. The minimum atomic E-state index is -0.498. The van der Waals surface area contributed by atoms with Crippen molar-refractivity contribution in [2.45, 2.75) is 58.0 Å². The van der Waals surface area contributed by atoms with Crippen LogP contribution in [-0.4, -0.2) is 33.1 Å². The van der Waals surface area contributed by atoms with Gasteiger partial charge in [-0.3, -0.25) is 4.79 Å². The number of carbonyl (C=O) groups excluding carboxylic acids is 1. The van der Waals surface area contributed by atoms with Gasteiger partial charge in [0.1, 0.15) is 12.4 Å². The Labute approximate surface area is 216 Å². The maximum absolute atomic E-state index is 12.6. The van der Waals surface area contributed by atoms with E-state index in [1.54, 1.807) is 30.5 Å². The average Bonchev–Trinajstić information content (AvgIpc) is 3.47. The second kappa shape index (κ2) is 13.8. The summed E-state index contributed by atoms with van der Waals surface area (Å²) in [5, 5.41) is 16.6. The van der Waals surface area contributed by atoms with Gasteiger partial charge in [0.25, 0.3) is 0 Å². The molecule has 1 aromatic heterocycles. The number of ether oxygens (including phenoxy) is 3. The van der Waals surface area contributed by atoms with Crippen molar-refractivity contribution in [3.8, 4) is 17.2 Å². The molecule has 0 fully saturated rings. The molecule has 0 bridgehead atoms. The maximum atomic E-state index is 12.6. The predicted octanol–water partition coefficient (Wildman–Crippen LogP) is 6.01. The zero-order valence-electron chi connectivity index (χ0n) is 21.1. The fourth-order valence-electron chi connectivity index (χ4n) is 3.87. The first-order valence-electron chi connectivity index (χ1n) is 12.8. The van der Waals surface area contributed by atoms with E-state index in [4.69, 9.17) is 14.2 Å². The number of anilines is 1. The SMILES string of the molecule is CCCCCCCC/C=C/Oc1ccc(/C=C/C(=O)Nc2cccc3c2OC(c2nnn[nH]2)CO3)cc1. The molecule has 1 atom stereocenters. The van der Waals surface area contributed by atoms with Crippen molar-refractivity contribution in [2.75, 3.05) is 11.9 Å². The normalized spacial score (nSPS) is 14.8. The van der Waals surface area contributed by atoms with Crippen molar-refractivity contribution in [1.82, 2.24) is 20.6 Å². The van der Waals surface area contributed by atoms with E-state index in [2.05, 4.69) is 38.9 Å². The van der Waals surface area contributed by atoms with Crippen molar-refractivity contribution in [2.24, 2.45) is 0 Å². The van der Waals surface area contributed by atoms with Crippen LogP contribution >= 0.6 is 0 Å². The van der Waals surface area contributed by atoms with Gasteiger partial charge < -0.3 is 19.5 Å². The van der Waals surface area contributed by atoms with Crippen LogP contribution in [0.4, 0.5) is 5.69 Å². The Morgan fingerprint density at radius 1 is 1.14 bits per heavy atom. The molecule has 9 heteroatoms. The summed E-state index contributed by atoms with van der Waals surface area (Å²) >= 11 is 0. The quantitative estimate of drug-likeness (QED) is 0.167. The van der Waals surface area contributed by atoms with Crippen LogP contribution in [0.15, 0.2) is 60.9 Å². The fraction of sp³-hybridized carbons (Fsp3) is 0.357. The number of hydrogen-bond donors (Lipinski definition) is 2. The highest BCUT2D eigenvalue weighted by Gasteiger charge is 2.27. The highest BCUT2D eigenvalue weighted by Crippen LogP contribution is 2.41. The van der Waals surface area contributed by atoms with E-state index in [9.17, 15) is 4.79 Å². The van der Waals surface area contributed by atoms with Gasteiger partial charge >= 0.3 is 0 Å². The molecule has 0 aliphatic carbocycles. The second-order valence-electron chi connectivity index (χ2n) is 8.77. The van der Waals surface area contributed by atoms with Gasteiger partial charge in [-0.05, 0) is 65.2 Å². The lowest BCUT2D eigenvalue weighted by molar-refractivity contribution is -0.111. The Kier molecular flexibility index (Phi) is 9.69. The van der Waals surface area contributed by atoms with Gasteiger partial charge in [-0.2, -0.15) is 0 Å². The molecule has 1 aliphatic heterocycles. The van der Waals surface area contributed by atoms with Crippen LogP contribution in [0.3, 0.4) is 0 Å². The predicted molar refractivity (Wildman–Crippen MR) is 141 cm³/mol. The number of fused-ring (bicyclic) bond motifs is 1. The molecular formula is C28H33N5O4. The zero-order valence-corrected chi connectivity index (χ0v) is 21.1. The molecule has 37 heavy (non-hydrogen) atoms. The number of aromatic amines is 1. The Morgan fingerprint density at radius 3 is 2.78 bits per heavy atom. The van der Waals surface area contributed by atoms with Gasteiger partial charge in [0.15, 0.2) is 23.4 Å². The molecule has 3 aromatic rings. The number of allylic oxidation sites excluding steroid dienone is 1. The van der Waals surface area contributed by atoms with Crippen molar-refractivity contribution < 1.29 is 19.0 Å². The largest absolute Gasteiger partial charge is 0.485 e. The summed E-state index contributed by atoms with van der Waals surface area (Å²) in [7, 11) is 0. The monoisotopic (exact) mass is 503 g/mol. The Hall–Kier alpha value is -4.14. The molecule has 9 nitrogen and oxygen atoms in total. The number of benzene rings is 2. The molecule has 1 aliphatic rings. The number of amides is 1. The van der Waals surface area contributed by atoms with Gasteiger partial charge in [-0.1, -0.05) is 57.2 Å². The molecule has 4 rings (SSSR count). The fourth-order valence-corrected chi connectivity index (χ4v) is 3.87. The van der Waals surface area contributed by atoms with Crippen LogP contribution in [0.2, 0.25) is 0 Å². The van der Waals surface area contributed by atoms with E-state index in [0.29, 0.717) is 23.0 Å². The van der Waals surface area contributed by atoms with Gasteiger partial charge in [0.05, 0.1) is 11.9 Å². The highest BCUT2D eigenvalue weighted by molar-refractivity contribution is 6.03. The molecule has 0 saturated carbocycles. The lowest BCUT2D eigenvalue weighted by Gasteiger charge is -2.26. The first-order chi connectivity index (χ1) is 18.2. The van der Waals surface area contributed by atoms with Crippen LogP contribution in [0, 0.1) is 0 Å². The van der Waals surface area contributed by atoms with Crippen molar-refractivity contribution >= 4 is 17.7 Å². The summed E-state index contributed by atoms with van der Waals surface area (Å²) in [5.74, 6) is 1.89. The van der Waals surface area contributed by atoms with Crippen molar-refractivity contribution in [3.63, 3.8) is 0 Å². The third kappa shape index (κ3) is 7.93. The van der Waals surface area contributed by atoms with Crippen molar-refractivity contribution in [1.29, 1.82) is 0 Å². The molecule has 0 spiro atoms. The lowest BCUT2D eigenvalue weighted by atomic mass is 10.1. The van der Waals surface area contributed by atoms with E-state index in [1.807, 2.05) is 24.3 Å². The number of nitrogens with one attached hydrogen (secondary N) is 2. The van der Waals surface area contributed by atoms with Gasteiger partial charge in [-0.15, -0.1) is 5.10 Å². The highest BCUT2D eigenvalue weighted by atomic mass is 16.6. The summed E-state index contributed by atoms with van der Waals surface area (Å²) in [6.45, 7) is 2.49. The Balaban J connectivity index is 1.24. The van der Waals surface area contributed by atoms with Crippen molar-refractivity contribution in [3.05, 3.63) is 72.3 Å². The van der Waals surface area contributed by atoms with E-state index in [1.165, 1.54) is 44.6 Å². The molecule has 2 N–H and O–H groups in total. The number of unbranched alkanes of at least 4 members (excludes halogenated alkanes) is 6. The zero-order chi connectivity index (χ0) is 25.7. The summed E-state index contributed by atoms with van der Waals surface area (Å²) < 4.78 is 17.4. The van der Waals surface area contributed by atoms with Crippen LogP contribution in [-0.2, 0) is 4.79 Å². The van der Waals surface area contributed by atoms with Gasteiger partial charge in [0.2, 0.25) is 5.91 Å². The molecule has 1 amide bonds. The number of hydrogen-bond acceptors (Lipinski definition) is 7. The van der Waals surface area contributed by atoms with Crippen LogP contribution in [0.25, 0.3) is 6.08 Å². The number of aromatic nitrogens is 4. The Bertz CT molecular complexity index is 1180. The molecule has 1 unspecified atom stereocenters. The van der Waals surface area contributed by atoms with E-state index in [0.717, 1.165) is 17.7 Å². The Morgan fingerprint density at radius 2 is 1.97 bits per heavy atom. The molecule has 0 saturated heterocycles. The van der Waals surface area contributed by atoms with Crippen LogP contribution < -0.4 is 19.5 Å². The van der Waals surface area contributed by atoms with E-state index >= 15 is 0 Å². The van der Waals surface area contributed by atoms with Gasteiger partial charge in [0, 0.05) is 6.08 Å². The number of para-hydroxylation sites is 1. The standard InChI is InChI=1S/C28H33N5O4/c1-2-3-4-5-6-7-8-9-19-35-22-16-13-21(14-17-22)15-18-26(34)29-23-11-10-12-24-27(23)37-25(20-36-24)28-30-32-33-31-28/h9-19,25H,2-8,20H2,1H3,(H,29,34)(H,30,31,32,33)/b18-15+,19-9+. The minimum Gasteiger partial charge on any atom is -0.485 e. The number of tetrazole rings is 1. The number of nitrogens with zero attached hydrogens (tertiary/aromatic N) is 3. The molecule has 194 valence electrons. The summed E-state index contributed by atoms with van der Waals surface area (Å²) in [4.78, 5) is 12.6. The third-order valence-corrected chi connectivity index (χ3v) is 5.89. The first kappa shape index (κ1) is 25.9. The maximum Gasteiger partial charge on any atom is 0.248 e. The van der Waals surface area contributed by atoms with E-state index < -0.39 is 6.10 Å². The second-order valence-corrected chi connectivity index (χ2v) is 8.77. The number of rotatable bonds is 13. The van der Waals surface area contributed by atoms with Crippen LogP contribution in [0.1, 0.15) is 69.4 Å². The average molecular weight is 504 g/mol. The topological polar surface area (TPSA) is 111 Å². The molecular weight excluding hydrogens is 470 g/mol. The summed E-state index contributed by atoms with van der Waals surface area (Å²) in [6.07, 6.45) is 15.3. The van der Waals surface area contributed by atoms with Gasteiger partial charge in [-0.25, -0.2) is 5.10 Å². The van der Waals surface area contributed by atoms with Crippen LogP contribution in [0.5, 0.6) is 17.2 Å². The lowest BCUT2D eigenvalue weighted by Crippen LogP contribution is -2.24. The molecule has 2 aromatic carbocycles. The minimum absolute atomic E-state index is 0.260. The number of carbonyl (C=O) groups is 1.